The molecular formula is C26H19BrCl2N2O5. The number of nitrogens with zero attached hydrogens (tertiary/aromatic N) is 1. The van der Waals surface area contributed by atoms with E-state index in [4.69, 9.17) is 32.7 Å². The number of ether oxygens (including phenoxy) is 2. The van der Waals surface area contributed by atoms with Crippen LogP contribution in [0.1, 0.15) is 16.7 Å². The molecule has 4 amide bonds. The van der Waals surface area contributed by atoms with E-state index in [9.17, 15) is 14.4 Å². The molecule has 1 aliphatic heterocycles. The highest BCUT2D eigenvalue weighted by atomic mass is 79.9. The average Bonchev–Trinajstić information content (AvgIpc) is 2.83. The summed E-state index contributed by atoms with van der Waals surface area (Å²) in [6.45, 7) is 1.93. The number of nitrogens with one attached hydrogen (secondary N) is 1. The lowest BCUT2D eigenvalue weighted by Gasteiger charge is -2.27. The first-order chi connectivity index (χ1) is 17.2. The minimum Gasteiger partial charge on any atom is -0.493 e. The smallest absolute Gasteiger partial charge is 0.335 e. The van der Waals surface area contributed by atoms with Crippen molar-refractivity contribution in [1.82, 2.24) is 5.32 Å². The predicted molar refractivity (Wildman–Crippen MR) is 142 cm³/mol. The highest BCUT2D eigenvalue weighted by molar-refractivity contribution is 9.10. The average molecular weight is 590 g/mol. The van der Waals surface area contributed by atoms with Crippen LogP contribution in [0.15, 0.2) is 64.6 Å². The molecule has 184 valence electrons. The van der Waals surface area contributed by atoms with Crippen LogP contribution >= 0.6 is 39.1 Å². The first-order valence-electron chi connectivity index (χ1n) is 10.6. The number of hydrogen-bond donors (Lipinski definition) is 1. The molecule has 0 aliphatic carbocycles. The Hall–Kier alpha value is -3.33. The molecule has 7 nitrogen and oxygen atoms in total. The molecule has 1 saturated heterocycles. The van der Waals surface area contributed by atoms with Gasteiger partial charge in [0.1, 0.15) is 12.2 Å². The number of anilines is 1. The lowest BCUT2D eigenvalue weighted by molar-refractivity contribution is -0.122. The number of benzene rings is 3. The maximum atomic E-state index is 13.3. The summed E-state index contributed by atoms with van der Waals surface area (Å²) >= 11 is 15.8. The van der Waals surface area contributed by atoms with E-state index >= 15 is 0 Å². The molecule has 0 unspecified atom stereocenters. The van der Waals surface area contributed by atoms with Crippen LogP contribution in [0.5, 0.6) is 11.5 Å². The number of urea groups is 1. The summed E-state index contributed by atoms with van der Waals surface area (Å²) in [5.41, 5.74) is 1.96. The molecule has 1 heterocycles. The Balaban J connectivity index is 1.67. The van der Waals surface area contributed by atoms with Gasteiger partial charge < -0.3 is 9.47 Å². The number of carbonyl (C=O) groups is 3. The highest BCUT2D eigenvalue weighted by Crippen LogP contribution is 2.38. The standard InChI is InChI=1S/C26H19BrCl2N2O5/c1-14-7-8-17(28)12-21(14)31-25(33)18(24(32)30-26(31)34)9-15-10-19(27)23(22(11-15)35-2)36-13-16-5-3-4-6-20(16)29/h3-12H,13H2,1-2H3,(H,30,32,34)/b18-9+. The van der Waals surface area contributed by atoms with Gasteiger partial charge in [0, 0.05) is 15.6 Å². The van der Waals surface area contributed by atoms with Crippen LogP contribution in [0, 0.1) is 6.92 Å². The molecule has 0 bridgehead atoms. The second-order valence-corrected chi connectivity index (χ2v) is 9.50. The molecule has 0 atom stereocenters. The van der Waals surface area contributed by atoms with Crippen molar-refractivity contribution in [3.8, 4) is 11.5 Å². The van der Waals surface area contributed by atoms with Gasteiger partial charge in [0.05, 0.1) is 17.3 Å². The van der Waals surface area contributed by atoms with Crippen LogP contribution in [-0.2, 0) is 16.2 Å². The van der Waals surface area contributed by atoms with Crippen molar-refractivity contribution in [2.24, 2.45) is 0 Å². The number of methoxy groups -OCH3 is 1. The number of amides is 4. The fraction of sp³-hybridized carbons (Fsp3) is 0.115. The van der Waals surface area contributed by atoms with Crippen molar-refractivity contribution in [2.45, 2.75) is 13.5 Å². The van der Waals surface area contributed by atoms with Gasteiger partial charge in [-0.25, -0.2) is 9.69 Å². The highest BCUT2D eigenvalue weighted by Gasteiger charge is 2.37. The number of aryl methyl sites for hydroxylation is 1. The minimum atomic E-state index is -0.852. The van der Waals surface area contributed by atoms with Gasteiger partial charge in [-0.2, -0.15) is 0 Å². The first kappa shape index (κ1) is 25.8. The van der Waals surface area contributed by atoms with Crippen molar-refractivity contribution < 1.29 is 23.9 Å². The van der Waals surface area contributed by atoms with Gasteiger partial charge in [-0.15, -0.1) is 0 Å². The van der Waals surface area contributed by atoms with E-state index in [1.807, 2.05) is 18.2 Å². The molecule has 0 aromatic heterocycles. The molecule has 1 N–H and O–H groups in total. The van der Waals surface area contributed by atoms with Crippen LogP contribution in [0.3, 0.4) is 0 Å². The van der Waals surface area contributed by atoms with Gasteiger partial charge in [0.15, 0.2) is 11.5 Å². The maximum Gasteiger partial charge on any atom is 0.335 e. The van der Waals surface area contributed by atoms with E-state index in [1.165, 1.54) is 19.3 Å². The predicted octanol–water partition coefficient (Wildman–Crippen LogP) is 6.32. The fourth-order valence-corrected chi connectivity index (χ4v) is 4.53. The van der Waals surface area contributed by atoms with Gasteiger partial charge in [-0.3, -0.25) is 14.9 Å². The Bertz CT molecular complexity index is 1420. The lowest BCUT2D eigenvalue weighted by atomic mass is 10.1. The van der Waals surface area contributed by atoms with Gasteiger partial charge in [0.25, 0.3) is 11.8 Å². The third-order valence-electron chi connectivity index (χ3n) is 5.41. The molecule has 3 aromatic carbocycles. The summed E-state index contributed by atoms with van der Waals surface area (Å²) in [6.07, 6.45) is 1.38. The van der Waals surface area contributed by atoms with Gasteiger partial charge in [-0.05, 0) is 70.4 Å². The van der Waals surface area contributed by atoms with Crippen molar-refractivity contribution in [2.75, 3.05) is 12.0 Å². The van der Waals surface area contributed by atoms with Crippen LogP contribution in [-0.4, -0.2) is 25.0 Å². The minimum absolute atomic E-state index is 0.200. The zero-order chi connectivity index (χ0) is 26.0. The molecule has 3 aromatic rings. The zero-order valence-electron chi connectivity index (χ0n) is 19.1. The number of halogens is 3. The largest absolute Gasteiger partial charge is 0.493 e. The van der Waals surface area contributed by atoms with Crippen LogP contribution < -0.4 is 19.7 Å². The Morgan fingerprint density at radius 2 is 1.81 bits per heavy atom. The third kappa shape index (κ3) is 5.26. The van der Waals surface area contributed by atoms with Crippen LogP contribution in [0.4, 0.5) is 10.5 Å². The SMILES string of the molecule is COc1cc(/C=C2\C(=O)NC(=O)N(c3cc(Cl)ccc3C)C2=O)cc(Br)c1OCc1ccccc1Cl. The summed E-state index contributed by atoms with van der Waals surface area (Å²) in [4.78, 5) is 39.3. The summed E-state index contributed by atoms with van der Waals surface area (Å²) in [5.74, 6) is -0.797. The quantitative estimate of drug-likeness (QED) is 0.269. The lowest BCUT2D eigenvalue weighted by Crippen LogP contribution is -2.54. The van der Waals surface area contributed by atoms with Gasteiger partial charge in [-0.1, -0.05) is 47.5 Å². The zero-order valence-corrected chi connectivity index (χ0v) is 22.2. The second-order valence-electron chi connectivity index (χ2n) is 7.80. The summed E-state index contributed by atoms with van der Waals surface area (Å²) in [6, 6.07) is 14.6. The fourth-order valence-electron chi connectivity index (χ4n) is 3.59. The number of rotatable bonds is 6. The molecule has 1 fully saturated rings. The van der Waals surface area contributed by atoms with E-state index in [2.05, 4.69) is 21.2 Å². The Morgan fingerprint density at radius 1 is 1.06 bits per heavy atom. The van der Waals surface area contributed by atoms with Gasteiger partial charge in [0.2, 0.25) is 0 Å². The number of carbonyl (C=O) groups excluding carboxylic acids is 3. The maximum absolute atomic E-state index is 13.3. The molecule has 1 aliphatic rings. The summed E-state index contributed by atoms with van der Waals surface area (Å²) in [7, 11) is 1.47. The summed E-state index contributed by atoms with van der Waals surface area (Å²) < 4.78 is 12.0. The van der Waals surface area contributed by atoms with Crippen LogP contribution in [0.2, 0.25) is 10.0 Å². The van der Waals surface area contributed by atoms with E-state index < -0.39 is 17.8 Å². The Morgan fingerprint density at radius 3 is 2.53 bits per heavy atom. The Labute approximate surface area is 225 Å². The summed E-state index contributed by atoms with van der Waals surface area (Å²) in [5, 5.41) is 3.13. The van der Waals surface area contributed by atoms with Gasteiger partial charge >= 0.3 is 6.03 Å². The normalized spacial score (nSPS) is 14.8. The Kier molecular flexibility index (Phi) is 7.68. The molecule has 0 radical (unpaired) electrons. The van der Waals surface area contributed by atoms with Crippen molar-refractivity contribution in [3.05, 3.63) is 91.4 Å². The van der Waals surface area contributed by atoms with E-state index in [0.29, 0.717) is 37.1 Å². The third-order valence-corrected chi connectivity index (χ3v) is 6.60. The van der Waals surface area contributed by atoms with Crippen LogP contribution in [0.25, 0.3) is 6.08 Å². The van der Waals surface area contributed by atoms with E-state index in [-0.39, 0.29) is 17.9 Å². The first-order valence-corrected chi connectivity index (χ1v) is 12.2. The topological polar surface area (TPSA) is 84.9 Å². The number of hydrogen-bond acceptors (Lipinski definition) is 5. The molecule has 4 rings (SSSR count). The second kappa shape index (κ2) is 10.7. The molecule has 36 heavy (non-hydrogen) atoms. The van der Waals surface area contributed by atoms with Crippen molar-refractivity contribution >= 4 is 68.7 Å². The van der Waals surface area contributed by atoms with Crippen molar-refractivity contribution in [1.29, 1.82) is 0 Å². The van der Waals surface area contributed by atoms with E-state index in [1.54, 1.807) is 37.3 Å². The van der Waals surface area contributed by atoms with Crippen molar-refractivity contribution in [3.63, 3.8) is 0 Å². The molecule has 10 heteroatoms. The number of barbiturate groups is 1. The molecule has 0 spiro atoms. The monoisotopic (exact) mass is 588 g/mol. The molecular weight excluding hydrogens is 571 g/mol. The van der Waals surface area contributed by atoms with E-state index in [0.717, 1.165) is 10.5 Å². The molecule has 0 saturated carbocycles. The number of imide groups is 2.